The van der Waals surface area contributed by atoms with Gasteiger partial charge in [0, 0.05) is 88.2 Å². The van der Waals surface area contributed by atoms with E-state index in [1.165, 1.54) is 25.7 Å². The highest BCUT2D eigenvalue weighted by Gasteiger charge is 2.21. The minimum absolute atomic E-state index is 0.0383. The molecule has 1 fully saturated rings. The molecule has 0 bridgehead atoms. The van der Waals surface area contributed by atoms with E-state index in [4.69, 9.17) is 18.9 Å². The largest absolute Gasteiger partial charge is 0.462 e. The Bertz CT molecular complexity index is 2190. The van der Waals surface area contributed by atoms with E-state index in [1.807, 2.05) is 0 Å². The van der Waals surface area contributed by atoms with Crippen molar-refractivity contribution >= 4 is 41.6 Å². The van der Waals surface area contributed by atoms with E-state index >= 15 is 0 Å². The first-order chi connectivity index (χ1) is 53.1. The summed E-state index contributed by atoms with van der Waals surface area (Å²) in [5, 5.41) is 9.42. The smallest absolute Gasteiger partial charge is 0.306 e. The molecule has 4 atom stereocenters. The Labute approximate surface area is 667 Å². The fourth-order valence-corrected chi connectivity index (χ4v) is 14.7. The number of piperazine rings is 1. The number of rotatable bonds is 75. The third-order valence-electron chi connectivity index (χ3n) is 22.1. The zero-order valence-electron chi connectivity index (χ0n) is 71.8. The predicted octanol–water partition coefficient (Wildman–Crippen LogP) is 20.4. The lowest BCUT2D eigenvalue weighted by Gasteiger charge is -2.32. The Hall–Kier alpha value is -4.65. The molecule has 0 aliphatic carbocycles. The quantitative estimate of drug-likeness (QED) is 0.0315. The van der Waals surface area contributed by atoms with Crippen molar-refractivity contribution in [3.8, 4) is 0 Å². The second-order valence-electron chi connectivity index (χ2n) is 32.0. The molecule has 0 spiro atoms. The minimum Gasteiger partial charge on any atom is -0.462 e. The fraction of sp³-hybridized carbons (Fsp3) is 0.857. The molecule has 1 aliphatic heterocycles. The maximum absolute atomic E-state index is 14.2. The fourth-order valence-electron chi connectivity index (χ4n) is 14.7. The molecule has 0 radical (unpaired) electrons. The zero-order chi connectivity index (χ0) is 79.4. The standard InChI is InChI=1S/C91H167N7O11/c1-10-18-38-53-81(14-5)106-85(99)57-42-30-22-26-34-46-64-96(65-47-35-27-23-31-43-58-86(100)107-82(15-6)54-39-19-11-2)68-50-61-92-89(103)78-75-79(77-80(76-78)91(105)94-63-52-70-98-73-71-95(9)72-74-98)90(104)93-62-51-69-97(66-48-36-28-24-32-44-59-87(101)108-83(16-7)55-40-20-12-3)67-49-37-29-25-33-45-60-88(102)109-84(17-8)56-41-21-13-4/h75-77,81-84H,10-74H2,1-9H3,(H,92,103)(H,93,104)(H,94,105). The van der Waals surface area contributed by atoms with Crippen molar-refractivity contribution in [3.63, 3.8) is 0 Å². The molecule has 4 unspecified atom stereocenters. The van der Waals surface area contributed by atoms with Crippen LogP contribution in [0.25, 0.3) is 0 Å². The lowest BCUT2D eigenvalue weighted by molar-refractivity contribution is -0.150. The predicted molar refractivity (Wildman–Crippen MR) is 451 cm³/mol. The maximum Gasteiger partial charge on any atom is 0.306 e. The molecule has 1 aliphatic rings. The van der Waals surface area contributed by atoms with Crippen LogP contribution in [0.2, 0.25) is 0 Å². The third kappa shape index (κ3) is 55.5. The van der Waals surface area contributed by atoms with E-state index in [2.05, 4.69) is 98.0 Å². The molecular weight excluding hydrogens is 1370 g/mol. The summed E-state index contributed by atoms with van der Waals surface area (Å²) in [7, 11) is 2.15. The highest BCUT2D eigenvalue weighted by Crippen LogP contribution is 2.21. The number of unbranched alkanes of at least 4 members (excludes halogenated alkanes) is 28. The topological polar surface area (TPSA) is 205 Å². The van der Waals surface area contributed by atoms with Gasteiger partial charge in [-0.15, -0.1) is 0 Å². The van der Waals surface area contributed by atoms with Crippen molar-refractivity contribution in [2.24, 2.45) is 0 Å². The summed E-state index contributed by atoms with van der Waals surface area (Å²) < 4.78 is 23.2. The van der Waals surface area contributed by atoms with Crippen LogP contribution < -0.4 is 16.0 Å². The van der Waals surface area contributed by atoms with Gasteiger partial charge in [-0.1, -0.05) is 209 Å². The third-order valence-corrected chi connectivity index (χ3v) is 22.1. The van der Waals surface area contributed by atoms with E-state index in [9.17, 15) is 33.6 Å². The SMILES string of the molecule is CCCCCC(CC)OC(=O)CCCCCCCCN(CCCCCCCCC(=O)OC(CC)CCCCC)CCCNC(=O)c1cc(C(=O)NCCCN(CCCCCCCCC(=O)OC(CC)CCCCC)CCCCCCCCC(=O)OC(CC)CCCCC)cc(C(=O)NCCCN2CCN(C)CC2)c1. The van der Waals surface area contributed by atoms with Crippen molar-refractivity contribution in [1.82, 2.24) is 35.6 Å². The van der Waals surface area contributed by atoms with Gasteiger partial charge in [0.15, 0.2) is 0 Å². The minimum atomic E-state index is -0.312. The molecule has 18 nitrogen and oxygen atoms in total. The van der Waals surface area contributed by atoms with Gasteiger partial charge >= 0.3 is 23.9 Å². The Balaban J connectivity index is 2.13. The highest BCUT2D eigenvalue weighted by atomic mass is 16.6. The summed E-state index contributed by atoms with van der Waals surface area (Å²) in [6.07, 6.45) is 50.8. The van der Waals surface area contributed by atoms with Crippen LogP contribution in [0.4, 0.5) is 0 Å². The van der Waals surface area contributed by atoms with Crippen LogP contribution in [0.3, 0.4) is 0 Å². The van der Waals surface area contributed by atoms with Gasteiger partial charge < -0.3 is 54.5 Å². The summed E-state index contributed by atoms with van der Waals surface area (Å²) in [6, 6.07) is 4.88. The molecule has 0 saturated carbocycles. The van der Waals surface area contributed by atoms with Crippen LogP contribution in [0.5, 0.6) is 0 Å². The van der Waals surface area contributed by atoms with Crippen LogP contribution in [0, 0.1) is 0 Å². The number of esters is 4. The number of likely N-dealkylation sites (N-methyl/N-ethyl adjacent to an activating group) is 1. The van der Waals surface area contributed by atoms with Crippen LogP contribution in [-0.2, 0) is 38.1 Å². The van der Waals surface area contributed by atoms with Gasteiger partial charge in [0.25, 0.3) is 17.7 Å². The van der Waals surface area contributed by atoms with Crippen molar-refractivity contribution in [3.05, 3.63) is 34.9 Å². The average molecular weight is 1540 g/mol. The molecule has 18 heteroatoms. The summed E-state index contributed by atoms with van der Waals surface area (Å²) >= 11 is 0. The monoisotopic (exact) mass is 1530 g/mol. The molecule has 0 aromatic heterocycles. The molecule has 1 saturated heterocycles. The number of nitrogens with one attached hydrogen (secondary N) is 3. The lowest BCUT2D eigenvalue weighted by Crippen LogP contribution is -2.45. The Morgan fingerprint density at radius 2 is 0.550 bits per heavy atom. The lowest BCUT2D eigenvalue weighted by atomic mass is 10.0. The molecular formula is C91H167N7O11. The van der Waals surface area contributed by atoms with Gasteiger partial charge in [-0.05, 0) is 219 Å². The average Bonchev–Trinajstić information content (AvgIpc) is 0.827. The molecule has 1 aromatic carbocycles. The number of nitrogens with zero attached hydrogens (tertiary/aromatic N) is 4. The van der Waals surface area contributed by atoms with Gasteiger partial charge in [0.2, 0.25) is 0 Å². The van der Waals surface area contributed by atoms with Gasteiger partial charge in [0.1, 0.15) is 24.4 Å². The van der Waals surface area contributed by atoms with Crippen LogP contribution in [-0.4, -0.2) is 184 Å². The number of benzene rings is 1. The first-order valence-corrected chi connectivity index (χ1v) is 45.7. The molecule has 1 heterocycles. The second kappa shape index (κ2) is 70.0. The maximum atomic E-state index is 14.2. The van der Waals surface area contributed by atoms with Gasteiger partial charge in [-0.3, -0.25) is 33.6 Å². The van der Waals surface area contributed by atoms with Crippen LogP contribution in [0.15, 0.2) is 18.2 Å². The number of hydrogen-bond acceptors (Lipinski definition) is 15. The van der Waals surface area contributed by atoms with Gasteiger partial charge in [0.05, 0.1) is 0 Å². The molecule has 109 heavy (non-hydrogen) atoms. The first-order valence-electron chi connectivity index (χ1n) is 45.7. The highest BCUT2D eigenvalue weighted by molar-refractivity contribution is 6.04. The van der Waals surface area contributed by atoms with E-state index in [1.54, 1.807) is 18.2 Å². The zero-order valence-corrected chi connectivity index (χ0v) is 71.8. The first kappa shape index (κ1) is 100. The number of ether oxygens (including phenoxy) is 4. The molecule has 2 rings (SSSR count). The Morgan fingerprint density at radius 1 is 0.312 bits per heavy atom. The number of carbonyl (C=O) groups is 7. The number of carbonyl (C=O) groups excluding carboxylic acids is 7. The van der Waals surface area contributed by atoms with Crippen molar-refractivity contribution < 1.29 is 52.5 Å². The Kier molecular flexibility index (Phi) is 64.5. The normalized spacial score (nSPS) is 13.8. The summed E-state index contributed by atoms with van der Waals surface area (Å²) in [6.45, 7) is 29.1. The van der Waals surface area contributed by atoms with E-state index in [0.29, 0.717) is 45.3 Å². The van der Waals surface area contributed by atoms with Crippen molar-refractivity contribution in [2.45, 2.75) is 407 Å². The van der Waals surface area contributed by atoms with Crippen LogP contribution in [0.1, 0.15) is 414 Å². The summed E-state index contributed by atoms with van der Waals surface area (Å²) in [5.41, 5.74) is 0.861. The Morgan fingerprint density at radius 3 is 0.807 bits per heavy atom. The molecule has 632 valence electrons. The van der Waals surface area contributed by atoms with Crippen LogP contribution >= 0.6 is 0 Å². The molecule has 3 amide bonds. The van der Waals surface area contributed by atoms with Gasteiger partial charge in [-0.25, -0.2) is 0 Å². The van der Waals surface area contributed by atoms with E-state index in [-0.39, 0.29) is 82.7 Å². The summed E-state index contributed by atoms with van der Waals surface area (Å²) in [4.78, 5) is 103. The summed E-state index contributed by atoms with van der Waals surface area (Å²) in [5.74, 6) is -1.16. The van der Waals surface area contributed by atoms with Crippen molar-refractivity contribution in [2.75, 3.05) is 98.7 Å². The number of amides is 3. The number of hydrogen-bond donors (Lipinski definition) is 3. The van der Waals surface area contributed by atoms with Crippen molar-refractivity contribution in [1.29, 1.82) is 0 Å². The van der Waals surface area contributed by atoms with E-state index in [0.717, 1.165) is 348 Å². The second-order valence-corrected chi connectivity index (χ2v) is 32.0. The van der Waals surface area contributed by atoms with Gasteiger partial charge in [-0.2, -0.15) is 0 Å². The molecule has 1 aromatic rings. The van der Waals surface area contributed by atoms with E-state index < -0.39 is 0 Å². The molecule has 3 N–H and O–H groups in total.